The summed E-state index contributed by atoms with van der Waals surface area (Å²) in [5.74, 6) is 0.0727. The van der Waals surface area contributed by atoms with Crippen molar-refractivity contribution in [3.63, 3.8) is 0 Å². The second-order valence-electron chi connectivity index (χ2n) is 9.04. The maximum Gasteiger partial charge on any atom is 0.251 e. The monoisotopic (exact) mass is 594 g/mol. The first kappa shape index (κ1) is 29.4. The van der Waals surface area contributed by atoms with Gasteiger partial charge < -0.3 is 15.0 Å². The molecule has 0 saturated heterocycles. The molecule has 0 fully saturated rings. The number of hydrogen-bond donors (Lipinski definition) is 1. The van der Waals surface area contributed by atoms with Gasteiger partial charge in [-0.3, -0.25) is 9.59 Å². The summed E-state index contributed by atoms with van der Waals surface area (Å²) in [5.41, 5.74) is 3.64. The molecule has 0 bridgehead atoms. The second kappa shape index (κ2) is 13.7. The molecule has 3 aromatic carbocycles. The van der Waals surface area contributed by atoms with Crippen LogP contribution in [0.2, 0.25) is 10.0 Å². The summed E-state index contributed by atoms with van der Waals surface area (Å²) < 4.78 is 5.22. The number of carbonyl (C=O) groups is 2. The molecule has 1 atom stereocenters. The van der Waals surface area contributed by atoms with Gasteiger partial charge >= 0.3 is 0 Å². The number of aryl methyl sites for hydroxylation is 2. The Morgan fingerprint density at radius 3 is 2.05 bits per heavy atom. The quantitative estimate of drug-likeness (QED) is 0.159. The number of ether oxygens (including phenoxy) is 1. The Morgan fingerprint density at radius 2 is 1.48 bits per heavy atom. The number of rotatable bonds is 10. The molecule has 0 aliphatic heterocycles. The molecule has 0 saturated carbocycles. The highest BCUT2D eigenvalue weighted by Crippen LogP contribution is 2.29. The van der Waals surface area contributed by atoms with Crippen molar-refractivity contribution in [3.8, 4) is 5.75 Å². The maximum atomic E-state index is 13.9. The zero-order valence-electron chi connectivity index (χ0n) is 22.2. The predicted molar refractivity (Wildman–Crippen MR) is 160 cm³/mol. The van der Waals surface area contributed by atoms with Crippen molar-refractivity contribution in [2.24, 2.45) is 0 Å². The Bertz CT molecular complexity index is 1450. The van der Waals surface area contributed by atoms with Crippen LogP contribution in [0, 0.1) is 13.8 Å². The van der Waals surface area contributed by atoms with E-state index in [1.807, 2.05) is 32.0 Å². The molecule has 0 radical (unpaired) electrons. The number of nitrogens with one attached hydrogen (secondary N) is 1. The molecular formula is C30H28Cl2N4O3S. The first-order chi connectivity index (χ1) is 19.2. The Morgan fingerprint density at radius 1 is 0.900 bits per heavy atom. The van der Waals surface area contributed by atoms with Gasteiger partial charge in [0.25, 0.3) is 5.91 Å². The Hall–Kier alpha value is -3.59. The lowest BCUT2D eigenvalue weighted by Gasteiger charge is -2.31. The molecule has 4 rings (SSSR count). The number of methoxy groups -OCH3 is 1. The van der Waals surface area contributed by atoms with Gasteiger partial charge in [-0.15, -0.1) is 0 Å². The van der Waals surface area contributed by atoms with Crippen molar-refractivity contribution in [1.82, 2.24) is 14.9 Å². The molecule has 40 heavy (non-hydrogen) atoms. The fourth-order valence-electron chi connectivity index (χ4n) is 4.08. The Balaban J connectivity index is 1.69. The minimum absolute atomic E-state index is 0.0381. The third-order valence-electron chi connectivity index (χ3n) is 5.98. The lowest BCUT2D eigenvalue weighted by atomic mass is 10.0. The molecular weight excluding hydrogens is 567 g/mol. The average molecular weight is 596 g/mol. The molecule has 0 aliphatic rings. The van der Waals surface area contributed by atoms with Gasteiger partial charge in [0.1, 0.15) is 11.8 Å². The van der Waals surface area contributed by atoms with Gasteiger partial charge in [-0.05, 0) is 79.6 Å². The van der Waals surface area contributed by atoms with Gasteiger partial charge in [-0.1, -0.05) is 59.2 Å². The largest absolute Gasteiger partial charge is 0.497 e. The molecule has 206 valence electrons. The number of carbonyl (C=O) groups excluding carboxylic acids is 2. The standard InChI is InChI=1S/C30H28Cl2N4O3S/c1-19-16-20(2)34-30(33-19)40-18-27(37)36(17-21-4-8-23(31)9-5-21)28(22-6-10-24(32)11-7-22)29(38)35-25-12-14-26(39-3)15-13-25/h4-16,28H,17-18H2,1-3H3,(H,35,38)/t28-/m1/s1. The van der Waals surface area contributed by atoms with Crippen molar-refractivity contribution >= 4 is 52.5 Å². The summed E-state index contributed by atoms with van der Waals surface area (Å²) in [4.78, 5) is 38.2. The molecule has 2 amide bonds. The fraction of sp³-hybridized carbons (Fsp3) is 0.200. The zero-order valence-corrected chi connectivity index (χ0v) is 24.6. The SMILES string of the molecule is COc1ccc(NC(=O)[C@@H](c2ccc(Cl)cc2)N(Cc2ccc(Cl)cc2)C(=O)CSc2nc(C)cc(C)n2)cc1. The van der Waals surface area contributed by atoms with E-state index in [9.17, 15) is 9.59 Å². The van der Waals surface area contributed by atoms with E-state index in [0.717, 1.165) is 17.0 Å². The lowest BCUT2D eigenvalue weighted by molar-refractivity contribution is -0.137. The summed E-state index contributed by atoms with van der Waals surface area (Å²) in [6.45, 7) is 3.94. The average Bonchev–Trinajstić information content (AvgIpc) is 2.93. The van der Waals surface area contributed by atoms with Crippen LogP contribution in [0.25, 0.3) is 0 Å². The van der Waals surface area contributed by atoms with Gasteiger partial charge in [0.05, 0.1) is 12.9 Å². The smallest absolute Gasteiger partial charge is 0.251 e. The van der Waals surface area contributed by atoms with Crippen molar-refractivity contribution in [3.05, 3.63) is 111 Å². The van der Waals surface area contributed by atoms with E-state index in [-0.39, 0.29) is 24.1 Å². The van der Waals surface area contributed by atoms with E-state index in [4.69, 9.17) is 27.9 Å². The van der Waals surface area contributed by atoms with Crippen molar-refractivity contribution in [2.45, 2.75) is 31.6 Å². The summed E-state index contributed by atoms with van der Waals surface area (Å²) in [5, 5.41) is 4.56. The molecule has 10 heteroatoms. The van der Waals surface area contributed by atoms with E-state index in [1.165, 1.54) is 11.8 Å². The Kier molecular flexibility index (Phi) is 10.0. The van der Waals surface area contributed by atoms with Crippen molar-refractivity contribution in [2.75, 3.05) is 18.2 Å². The van der Waals surface area contributed by atoms with Crippen LogP contribution in [0.3, 0.4) is 0 Å². The summed E-state index contributed by atoms with van der Waals surface area (Å²) in [6, 6.07) is 22.0. The third kappa shape index (κ3) is 7.97. The van der Waals surface area contributed by atoms with Crippen molar-refractivity contribution in [1.29, 1.82) is 0 Å². The second-order valence-corrected chi connectivity index (χ2v) is 10.9. The molecule has 1 N–H and O–H groups in total. The van der Waals surface area contributed by atoms with E-state index >= 15 is 0 Å². The van der Waals surface area contributed by atoms with Crippen LogP contribution < -0.4 is 10.1 Å². The molecule has 0 aliphatic carbocycles. The molecule has 1 heterocycles. The summed E-state index contributed by atoms with van der Waals surface area (Å²) in [6.07, 6.45) is 0. The normalized spacial score (nSPS) is 11.5. The first-order valence-corrected chi connectivity index (χ1v) is 14.2. The van der Waals surface area contributed by atoms with Crippen LogP contribution in [0.15, 0.2) is 84.0 Å². The van der Waals surface area contributed by atoms with E-state index in [0.29, 0.717) is 32.2 Å². The highest BCUT2D eigenvalue weighted by atomic mass is 35.5. The number of hydrogen-bond acceptors (Lipinski definition) is 6. The van der Waals surface area contributed by atoms with E-state index in [2.05, 4.69) is 15.3 Å². The maximum absolute atomic E-state index is 13.9. The van der Waals surface area contributed by atoms with Crippen molar-refractivity contribution < 1.29 is 14.3 Å². The number of halogens is 2. The number of anilines is 1. The highest BCUT2D eigenvalue weighted by Gasteiger charge is 2.32. The Labute approximate surface area is 247 Å². The molecule has 0 spiro atoms. The molecule has 7 nitrogen and oxygen atoms in total. The van der Waals surface area contributed by atoms with Crippen LogP contribution in [-0.4, -0.2) is 39.5 Å². The number of aromatic nitrogens is 2. The first-order valence-electron chi connectivity index (χ1n) is 12.4. The van der Waals surface area contributed by atoms with Crippen LogP contribution in [0.5, 0.6) is 5.75 Å². The van der Waals surface area contributed by atoms with Crippen LogP contribution in [0.1, 0.15) is 28.6 Å². The summed E-state index contributed by atoms with van der Waals surface area (Å²) in [7, 11) is 1.57. The van der Waals surface area contributed by atoms with Gasteiger partial charge in [-0.2, -0.15) is 0 Å². The number of benzene rings is 3. The highest BCUT2D eigenvalue weighted by molar-refractivity contribution is 7.99. The van der Waals surface area contributed by atoms with Crippen LogP contribution >= 0.6 is 35.0 Å². The minimum atomic E-state index is -0.955. The molecule has 4 aromatic rings. The molecule has 1 aromatic heterocycles. The lowest BCUT2D eigenvalue weighted by Crippen LogP contribution is -2.41. The zero-order chi connectivity index (χ0) is 28.6. The summed E-state index contributed by atoms with van der Waals surface area (Å²) >= 11 is 13.5. The topological polar surface area (TPSA) is 84.4 Å². The number of nitrogens with zero attached hydrogens (tertiary/aromatic N) is 3. The molecule has 0 unspecified atom stereocenters. The van der Waals surface area contributed by atoms with E-state index < -0.39 is 6.04 Å². The number of amides is 2. The van der Waals surface area contributed by atoms with Gasteiger partial charge in [0, 0.05) is 33.7 Å². The third-order valence-corrected chi connectivity index (χ3v) is 7.31. The number of thioether (sulfide) groups is 1. The van der Waals surface area contributed by atoms with Crippen LogP contribution in [-0.2, 0) is 16.1 Å². The van der Waals surface area contributed by atoms with Gasteiger partial charge in [0.15, 0.2) is 5.16 Å². The minimum Gasteiger partial charge on any atom is -0.497 e. The van der Waals surface area contributed by atoms with E-state index in [1.54, 1.807) is 72.7 Å². The van der Waals surface area contributed by atoms with Gasteiger partial charge in [-0.25, -0.2) is 9.97 Å². The predicted octanol–water partition coefficient (Wildman–Crippen LogP) is 6.91. The van der Waals surface area contributed by atoms with Crippen LogP contribution in [0.4, 0.5) is 5.69 Å². The van der Waals surface area contributed by atoms with Gasteiger partial charge in [0.2, 0.25) is 5.91 Å². The fourth-order valence-corrected chi connectivity index (χ4v) is 5.17.